The van der Waals surface area contributed by atoms with Crippen molar-refractivity contribution in [2.45, 2.75) is 51.6 Å². The molecule has 2 N–H and O–H groups in total. The number of carboxylic acids is 1. The van der Waals surface area contributed by atoms with Crippen LogP contribution in [0, 0.1) is 26.6 Å². The Morgan fingerprint density at radius 2 is 1.72 bits per heavy atom. The highest BCUT2D eigenvalue weighted by Gasteiger charge is 2.46. The van der Waals surface area contributed by atoms with Crippen molar-refractivity contribution in [1.82, 2.24) is 9.88 Å². The monoisotopic (exact) mass is 657 g/mol. The average molecular weight is 658 g/mol. The third-order valence-corrected chi connectivity index (χ3v) is 7.92. The normalized spacial score (nSPS) is 16.3. The van der Waals surface area contributed by atoms with Gasteiger partial charge in [0, 0.05) is 31.4 Å². The van der Waals surface area contributed by atoms with Gasteiger partial charge in [0.05, 0.1) is 29.9 Å². The fourth-order valence-corrected chi connectivity index (χ4v) is 5.47. The van der Waals surface area contributed by atoms with E-state index in [1.54, 1.807) is 0 Å². The van der Waals surface area contributed by atoms with Crippen molar-refractivity contribution in [2.24, 2.45) is 7.05 Å². The van der Waals surface area contributed by atoms with E-state index in [1.165, 1.54) is 52.1 Å². The molecule has 0 aliphatic carbocycles. The number of halogens is 7. The van der Waals surface area contributed by atoms with E-state index in [0.29, 0.717) is 0 Å². The van der Waals surface area contributed by atoms with Gasteiger partial charge in [-0.05, 0) is 61.2 Å². The number of hydrogen-bond donors (Lipinski definition) is 2. The van der Waals surface area contributed by atoms with Crippen LogP contribution in [-0.4, -0.2) is 59.6 Å². The van der Waals surface area contributed by atoms with E-state index >= 15 is 4.39 Å². The van der Waals surface area contributed by atoms with Crippen LogP contribution in [0.3, 0.4) is 0 Å². The Hall–Kier alpha value is -4.40. The lowest BCUT2D eigenvalue weighted by molar-refractivity contribution is -0.167. The van der Waals surface area contributed by atoms with Crippen molar-refractivity contribution in [3.63, 3.8) is 0 Å². The molecule has 3 aromatic rings. The number of ether oxygens (including phenoxy) is 1. The van der Waals surface area contributed by atoms with Crippen LogP contribution >= 0.6 is 0 Å². The lowest BCUT2D eigenvalue weighted by Gasteiger charge is -2.38. The van der Waals surface area contributed by atoms with E-state index in [0.717, 1.165) is 21.6 Å². The molecule has 1 aromatic heterocycles. The first-order valence-electron chi connectivity index (χ1n) is 13.9. The zero-order chi connectivity index (χ0) is 34.3. The van der Waals surface area contributed by atoms with Gasteiger partial charge in [-0.3, -0.25) is 9.59 Å². The van der Waals surface area contributed by atoms with E-state index in [2.05, 4.69) is 5.32 Å². The Kier molecular flexibility index (Phi) is 9.57. The number of morpholine rings is 1. The summed E-state index contributed by atoms with van der Waals surface area (Å²) in [6.07, 6.45) is -9.85. The third kappa shape index (κ3) is 7.03. The van der Waals surface area contributed by atoms with Crippen LogP contribution in [0.2, 0.25) is 0 Å². The average Bonchev–Trinajstić information content (AvgIpc) is 2.94. The summed E-state index contributed by atoms with van der Waals surface area (Å²) in [6.45, 7) is 3.26. The van der Waals surface area contributed by atoms with Gasteiger partial charge in [0.15, 0.2) is 0 Å². The lowest BCUT2D eigenvalue weighted by atomic mass is 9.93. The Balaban J connectivity index is 1.60. The van der Waals surface area contributed by atoms with Gasteiger partial charge < -0.3 is 24.6 Å². The number of nitrogens with zero attached hydrogens (tertiary/aromatic N) is 2. The van der Waals surface area contributed by atoms with Crippen LogP contribution in [0.25, 0.3) is 11.1 Å². The number of hydrogen-bond acceptors (Lipinski definition) is 5. The Labute approximate surface area is 258 Å². The largest absolute Gasteiger partial charge is 0.480 e. The summed E-state index contributed by atoms with van der Waals surface area (Å²) < 4.78 is 103. The van der Waals surface area contributed by atoms with Crippen LogP contribution in [0.4, 0.5) is 36.4 Å². The number of rotatable bonds is 7. The molecule has 1 aliphatic rings. The van der Waals surface area contributed by atoms with E-state index in [9.17, 15) is 45.8 Å². The molecule has 1 unspecified atom stereocenters. The molecule has 46 heavy (non-hydrogen) atoms. The van der Waals surface area contributed by atoms with Crippen LogP contribution in [-0.2, 0) is 29.2 Å². The van der Waals surface area contributed by atoms with Gasteiger partial charge in [0.25, 0.3) is 11.5 Å². The zero-order valence-electron chi connectivity index (χ0n) is 25.1. The fraction of sp³-hybridized carbons (Fsp3) is 0.387. The van der Waals surface area contributed by atoms with Crippen molar-refractivity contribution < 1.29 is 50.2 Å². The van der Waals surface area contributed by atoms with Crippen LogP contribution < -0.4 is 15.8 Å². The summed E-state index contributed by atoms with van der Waals surface area (Å²) in [5.41, 5.74) is -2.68. The van der Waals surface area contributed by atoms with Crippen LogP contribution in [0.15, 0.2) is 41.2 Å². The smallest absolute Gasteiger partial charge is 0.417 e. The number of carbonyl (C=O) groups is 2. The molecular weight excluding hydrogens is 627 g/mol. The molecule has 0 radical (unpaired) electrons. The van der Waals surface area contributed by atoms with Crippen molar-refractivity contribution in [1.29, 1.82) is 0 Å². The molecular formula is C31H30F7N3O5. The molecule has 1 aliphatic heterocycles. The lowest BCUT2D eigenvalue weighted by Crippen LogP contribution is -2.53. The molecule has 8 nitrogen and oxygen atoms in total. The molecule has 1 amide bonds. The molecule has 2 atom stereocenters. The molecule has 1 fully saturated rings. The fourth-order valence-electron chi connectivity index (χ4n) is 5.47. The van der Waals surface area contributed by atoms with E-state index in [-0.39, 0.29) is 53.2 Å². The topological polar surface area (TPSA) is 101 Å². The van der Waals surface area contributed by atoms with Crippen molar-refractivity contribution in [3.05, 3.63) is 86.1 Å². The molecule has 0 bridgehead atoms. The number of benzene rings is 2. The number of nitrogens with one attached hydrogen (secondary N) is 1. The number of carbonyl (C=O) groups excluding carboxylic acids is 1. The highest BCUT2D eigenvalue weighted by molar-refractivity contribution is 5.98. The first kappa shape index (κ1) is 34.5. The first-order valence-corrected chi connectivity index (χ1v) is 13.9. The van der Waals surface area contributed by atoms with E-state index in [4.69, 9.17) is 4.74 Å². The number of carboxylic acid groups (broad SMARTS) is 1. The molecule has 248 valence electrons. The predicted molar refractivity (Wildman–Crippen MR) is 153 cm³/mol. The predicted octanol–water partition coefficient (Wildman–Crippen LogP) is 5.33. The number of anilines is 1. The third-order valence-electron chi connectivity index (χ3n) is 7.92. The van der Waals surface area contributed by atoms with Crippen molar-refractivity contribution >= 4 is 17.6 Å². The van der Waals surface area contributed by atoms with Crippen molar-refractivity contribution in [3.8, 4) is 11.1 Å². The summed E-state index contributed by atoms with van der Waals surface area (Å²) in [5.74, 6) is -3.79. The highest BCUT2D eigenvalue weighted by Crippen LogP contribution is 2.37. The molecule has 1 saturated heterocycles. The number of amides is 1. The highest BCUT2D eigenvalue weighted by atomic mass is 19.4. The minimum absolute atomic E-state index is 0.0154. The molecule has 2 heterocycles. The molecule has 15 heteroatoms. The summed E-state index contributed by atoms with van der Waals surface area (Å²) in [6, 6.07) is 3.15. The van der Waals surface area contributed by atoms with Gasteiger partial charge in [-0.2, -0.15) is 26.3 Å². The second kappa shape index (κ2) is 12.8. The number of alkyl halides is 6. The van der Waals surface area contributed by atoms with Gasteiger partial charge in [-0.25, -0.2) is 9.18 Å². The second-order valence-electron chi connectivity index (χ2n) is 11.1. The minimum Gasteiger partial charge on any atom is -0.480 e. The van der Waals surface area contributed by atoms with Gasteiger partial charge in [-0.15, -0.1) is 0 Å². The maximum Gasteiger partial charge on any atom is 0.417 e. The van der Waals surface area contributed by atoms with Crippen LogP contribution in [0.5, 0.6) is 0 Å². The Bertz CT molecular complexity index is 1710. The Morgan fingerprint density at radius 3 is 2.28 bits per heavy atom. The van der Waals surface area contributed by atoms with E-state index in [1.807, 2.05) is 0 Å². The second-order valence-corrected chi connectivity index (χ2v) is 11.1. The number of aromatic nitrogens is 1. The summed E-state index contributed by atoms with van der Waals surface area (Å²) in [7, 11) is 1.34. The number of aliphatic carboxylic acids is 1. The standard InChI is InChI=1S/C31H30F7N3O5/c1-15-9-18(5-6-20(15)26-21(30(33,34)35)11-17(3)40(4)28(26)43)12-23(29(44)45)39-27(42)25-16(2)10-19(13-22(25)32)41-7-8-46-14-24(41)31(36,37)38/h5-6,9-11,13,23-24H,7-8,12,14H2,1-4H3,(H,39,42)(H,44,45)/t23?,24-/m1/s1. The Morgan fingerprint density at radius 1 is 1.04 bits per heavy atom. The van der Waals surface area contributed by atoms with Crippen molar-refractivity contribution in [2.75, 3.05) is 24.7 Å². The summed E-state index contributed by atoms with van der Waals surface area (Å²) >= 11 is 0. The molecule has 2 aromatic carbocycles. The molecule has 4 rings (SSSR count). The summed E-state index contributed by atoms with van der Waals surface area (Å²) in [4.78, 5) is 39.0. The van der Waals surface area contributed by atoms with Crippen LogP contribution in [0.1, 0.15) is 38.3 Å². The van der Waals surface area contributed by atoms with Gasteiger partial charge in [0.1, 0.15) is 17.9 Å². The van der Waals surface area contributed by atoms with E-state index < -0.39 is 71.0 Å². The molecule has 0 spiro atoms. The van der Waals surface area contributed by atoms with Gasteiger partial charge in [0.2, 0.25) is 0 Å². The minimum atomic E-state index is -4.83. The quantitative estimate of drug-likeness (QED) is 0.334. The maximum atomic E-state index is 15.2. The summed E-state index contributed by atoms with van der Waals surface area (Å²) in [5, 5.41) is 12.0. The maximum absolute atomic E-state index is 15.2. The van der Waals surface area contributed by atoms with Gasteiger partial charge >= 0.3 is 18.3 Å². The molecule has 0 saturated carbocycles. The zero-order valence-corrected chi connectivity index (χ0v) is 25.1. The number of aryl methyl sites for hydroxylation is 3. The van der Waals surface area contributed by atoms with Gasteiger partial charge in [-0.1, -0.05) is 18.2 Å². The number of pyridine rings is 1. The first-order chi connectivity index (χ1) is 21.3. The SMILES string of the molecule is Cc1cc(CC(NC(=O)c2c(C)cc(N3CCOC[C@@H]3C(F)(F)F)cc2F)C(=O)O)ccc1-c1c(C(F)(F)F)cc(C)n(C)c1=O.